The minimum Gasteiger partial charge on any atom is -0.497 e. The van der Waals surface area contributed by atoms with Gasteiger partial charge in [-0.2, -0.15) is 0 Å². The third kappa shape index (κ3) is 4.00. The zero-order valence-corrected chi connectivity index (χ0v) is 19.8. The molecule has 2 saturated heterocycles. The fraction of sp³-hybridized carbons (Fsp3) is 0.500. The maximum absolute atomic E-state index is 13.4. The van der Waals surface area contributed by atoms with Crippen molar-refractivity contribution in [3.63, 3.8) is 0 Å². The predicted octanol–water partition coefficient (Wildman–Crippen LogP) is 2.34. The molecule has 2 aromatic rings. The van der Waals surface area contributed by atoms with Gasteiger partial charge in [0, 0.05) is 64.1 Å². The molecule has 2 fully saturated rings. The Morgan fingerprint density at radius 3 is 2.35 bits per heavy atom. The van der Waals surface area contributed by atoms with Gasteiger partial charge in [0.1, 0.15) is 5.75 Å². The first-order valence-electron chi connectivity index (χ1n) is 11.7. The second-order valence-electron chi connectivity index (χ2n) is 10.2. The smallest absolute Gasteiger partial charge is 0.328 e. The van der Waals surface area contributed by atoms with E-state index in [1.807, 2.05) is 34.9 Å². The quantitative estimate of drug-likeness (QED) is 0.494. The van der Waals surface area contributed by atoms with E-state index in [9.17, 15) is 14.4 Å². The van der Waals surface area contributed by atoms with E-state index >= 15 is 0 Å². The lowest BCUT2D eigenvalue weighted by Crippen LogP contribution is -2.61. The Balaban J connectivity index is 1.45. The van der Waals surface area contributed by atoms with Crippen LogP contribution in [0.2, 0.25) is 0 Å². The van der Waals surface area contributed by atoms with E-state index in [4.69, 9.17) is 14.2 Å². The SMILES string of the molecule is COc1ccc(CC2(CN3C[C@H]4C[C@H](C3)c3cccc(=O)n3C4)C(=O)OC(C)(C)OC2=O)cc1. The van der Waals surface area contributed by atoms with Crippen molar-refractivity contribution in [2.24, 2.45) is 11.3 Å². The first kappa shape index (κ1) is 22.7. The van der Waals surface area contributed by atoms with Crippen molar-refractivity contribution in [1.82, 2.24) is 9.47 Å². The fourth-order valence-corrected chi connectivity index (χ4v) is 5.67. The molecule has 180 valence electrons. The number of benzene rings is 1. The van der Waals surface area contributed by atoms with Crippen LogP contribution in [0.1, 0.15) is 37.4 Å². The zero-order valence-electron chi connectivity index (χ0n) is 19.8. The lowest BCUT2D eigenvalue weighted by Gasteiger charge is -2.47. The molecule has 0 saturated carbocycles. The maximum Gasteiger partial charge on any atom is 0.328 e. The van der Waals surface area contributed by atoms with Crippen LogP contribution in [0, 0.1) is 11.3 Å². The number of likely N-dealkylation sites (tertiary alicyclic amines) is 1. The Morgan fingerprint density at radius 2 is 1.68 bits per heavy atom. The van der Waals surface area contributed by atoms with Gasteiger partial charge in [-0.3, -0.25) is 14.4 Å². The van der Waals surface area contributed by atoms with E-state index in [0.717, 1.165) is 17.7 Å². The van der Waals surface area contributed by atoms with Crippen molar-refractivity contribution in [3.8, 4) is 5.75 Å². The van der Waals surface area contributed by atoms with E-state index in [-0.39, 0.29) is 30.4 Å². The van der Waals surface area contributed by atoms with E-state index in [0.29, 0.717) is 25.4 Å². The minimum absolute atomic E-state index is 0.0262. The molecule has 0 aliphatic carbocycles. The largest absolute Gasteiger partial charge is 0.497 e. The summed E-state index contributed by atoms with van der Waals surface area (Å²) in [5.74, 6) is -1.27. The summed E-state index contributed by atoms with van der Waals surface area (Å²) in [5.41, 5.74) is 0.404. The number of ether oxygens (including phenoxy) is 3. The Labute approximate surface area is 198 Å². The van der Waals surface area contributed by atoms with Gasteiger partial charge in [0.2, 0.25) is 0 Å². The van der Waals surface area contributed by atoms with Crippen molar-refractivity contribution in [3.05, 3.63) is 64.1 Å². The molecule has 1 aromatic heterocycles. The minimum atomic E-state index is -1.47. The number of cyclic esters (lactones) is 2. The van der Waals surface area contributed by atoms with Crippen molar-refractivity contribution in [2.75, 3.05) is 26.7 Å². The molecule has 8 heteroatoms. The number of fused-ring (bicyclic) bond motifs is 4. The molecule has 0 spiro atoms. The van der Waals surface area contributed by atoms with Crippen LogP contribution in [0.3, 0.4) is 0 Å². The van der Waals surface area contributed by atoms with Crippen LogP contribution in [-0.4, -0.2) is 53.9 Å². The summed E-state index contributed by atoms with van der Waals surface area (Å²) >= 11 is 0. The molecule has 4 heterocycles. The van der Waals surface area contributed by atoms with Gasteiger partial charge < -0.3 is 23.7 Å². The Kier molecular flexibility index (Phi) is 5.51. The van der Waals surface area contributed by atoms with Crippen LogP contribution < -0.4 is 10.3 Å². The summed E-state index contributed by atoms with van der Waals surface area (Å²) in [6.45, 7) is 5.35. The number of nitrogens with zero attached hydrogens (tertiary/aromatic N) is 2. The molecule has 1 aromatic carbocycles. The van der Waals surface area contributed by atoms with E-state index in [1.165, 1.54) is 0 Å². The highest BCUT2D eigenvalue weighted by atomic mass is 16.7. The standard InChI is InChI=1S/C26H30N2O6/c1-25(2)33-23(30)26(24(31)34-25,12-17-7-9-20(32-3)10-8-17)16-27-13-18-11-19(15-27)21-5-4-6-22(29)28(21)14-18/h4-10,18-19H,11-16H2,1-3H3/t18-,19-/m1/s1. The third-order valence-electron chi connectivity index (χ3n) is 7.17. The van der Waals surface area contributed by atoms with Crippen LogP contribution >= 0.6 is 0 Å². The van der Waals surface area contributed by atoms with Gasteiger partial charge in [-0.15, -0.1) is 0 Å². The molecule has 2 bridgehead atoms. The molecular weight excluding hydrogens is 436 g/mol. The summed E-state index contributed by atoms with van der Waals surface area (Å²) < 4.78 is 18.3. The van der Waals surface area contributed by atoms with Crippen molar-refractivity contribution >= 4 is 11.9 Å². The number of rotatable bonds is 5. The monoisotopic (exact) mass is 466 g/mol. The van der Waals surface area contributed by atoms with Crippen LogP contribution in [0.15, 0.2) is 47.3 Å². The summed E-state index contributed by atoms with van der Waals surface area (Å²) in [6, 6.07) is 12.7. The number of hydrogen-bond donors (Lipinski definition) is 0. The van der Waals surface area contributed by atoms with Crippen LogP contribution in [0.25, 0.3) is 0 Å². The molecule has 3 aliphatic heterocycles. The Bertz CT molecular complexity index is 1150. The number of piperidine rings is 1. The van der Waals surface area contributed by atoms with Gasteiger partial charge in [0.25, 0.3) is 11.3 Å². The average Bonchev–Trinajstić information content (AvgIpc) is 2.78. The van der Waals surface area contributed by atoms with Crippen LogP contribution in [0.4, 0.5) is 0 Å². The highest BCUT2D eigenvalue weighted by Gasteiger charge is 2.57. The van der Waals surface area contributed by atoms with Crippen molar-refractivity contribution in [2.45, 2.75) is 44.9 Å². The van der Waals surface area contributed by atoms with Gasteiger partial charge in [-0.25, -0.2) is 0 Å². The van der Waals surface area contributed by atoms with Gasteiger partial charge in [-0.1, -0.05) is 18.2 Å². The summed E-state index contributed by atoms with van der Waals surface area (Å²) in [6.07, 6.45) is 1.17. The second-order valence-corrected chi connectivity index (χ2v) is 10.2. The Hall–Kier alpha value is -3.13. The topological polar surface area (TPSA) is 87.1 Å². The Morgan fingerprint density at radius 1 is 0.971 bits per heavy atom. The molecular formula is C26H30N2O6. The number of esters is 2. The van der Waals surface area contributed by atoms with Gasteiger partial charge >= 0.3 is 11.9 Å². The predicted molar refractivity (Wildman–Crippen MR) is 123 cm³/mol. The summed E-state index contributed by atoms with van der Waals surface area (Å²) in [7, 11) is 1.59. The first-order chi connectivity index (χ1) is 16.2. The number of pyridine rings is 1. The average molecular weight is 467 g/mol. The van der Waals surface area contributed by atoms with E-state index in [2.05, 4.69) is 4.90 Å². The van der Waals surface area contributed by atoms with Crippen molar-refractivity contribution in [1.29, 1.82) is 0 Å². The number of hydrogen-bond acceptors (Lipinski definition) is 7. The van der Waals surface area contributed by atoms with Gasteiger partial charge in [0.15, 0.2) is 5.41 Å². The molecule has 8 nitrogen and oxygen atoms in total. The molecule has 34 heavy (non-hydrogen) atoms. The molecule has 0 amide bonds. The number of carbonyl (C=O) groups excluding carboxylic acids is 2. The van der Waals surface area contributed by atoms with E-state index in [1.54, 1.807) is 33.1 Å². The lowest BCUT2D eigenvalue weighted by atomic mass is 9.77. The van der Waals surface area contributed by atoms with Crippen LogP contribution in [0.5, 0.6) is 5.75 Å². The van der Waals surface area contributed by atoms with Crippen molar-refractivity contribution < 1.29 is 23.8 Å². The number of carbonyl (C=O) groups is 2. The zero-order chi connectivity index (χ0) is 24.1. The molecule has 3 aliphatic rings. The molecule has 0 N–H and O–H groups in total. The molecule has 0 radical (unpaired) electrons. The van der Waals surface area contributed by atoms with Gasteiger partial charge in [0.05, 0.1) is 7.11 Å². The highest BCUT2D eigenvalue weighted by molar-refractivity contribution is 6.02. The lowest BCUT2D eigenvalue weighted by molar-refractivity contribution is -0.252. The van der Waals surface area contributed by atoms with Crippen LogP contribution in [-0.2, 0) is 32.0 Å². The highest BCUT2D eigenvalue weighted by Crippen LogP contribution is 2.40. The number of aromatic nitrogens is 1. The molecule has 5 rings (SSSR count). The van der Waals surface area contributed by atoms with E-state index < -0.39 is 23.1 Å². The normalized spacial score (nSPS) is 25.1. The third-order valence-corrected chi connectivity index (χ3v) is 7.17. The maximum atomic E-state index is 13.4. The molecule has 0 unspecified atom stereocenters. The number of methoxy groups -OCH3 is 1. The van der Waals surface area contributed by atoms with Gasteiger partial charge in [-0.05, 0) is 36.1 Å². The second kappa shape index (κ2) is 8.27. The molecule has 2 atom stereocenters. The summed E-state index contributed by atoms with van der Waals surface area (Å²) in [4.78, 5) is 41.4. The first-order valence-corrected chi connectivity index (χ1v) is 11.7. The summed E-state index contributed by atoms with van der Waals surface area (Å²) in [5, 5.41) is 0. The fourth-order valence-electron chi connectivity index (χ4n) is 5.67.